The molecule has 1 N–H and O–H groups in total. The number of aryl methyl sites for hydroxylation is 1. The normalized spacial score (nSPS) is 11.5. The van der Waals surface area contributed by atoms with Gasteiger partial charge in [-0.15, -0.1) is 10.2 Å². The second kappa shape index (κ2) is 8.76. The molecule has 0 radical (unpaired) electrons. The largest absolute Gasteiger partial charge is 0.372 e. The van der Waals surface area contributed by atoms with E-state index < -0.39 is 0 Å². The van der Waals surface area contributed by atoms with Crippen LogP contribution in [0, 0.1) is 18.4 Å². The van der Waals surface area contributed by atoms with Crippen molar-refractivity contribution in [1.29, 1.82) is 5.26 Å². The van der Waals surface area contributed by atoms with E-state index in [-0.39, 0.29) is 0 Å². The van der Waals surface area contributed by atoms with Crippen LogP contribution in [0.3, 0.4) is 0 Å². The van der Waals surface area contributed by atoms with Crippen LogP contribution in [0.1, 0.15) is 19.4 Å². The Morgan fingerprint density at radius 2 is 1.82 bits per heavy atom. The Kier molecular flexibility index (Phi) is 6.16. The zero-order chi connectivity index (χ0) is 20.1. The third-order valence-electron chi connectivity index (χ3n) is 4.49. The molecular weight excluding hydrogens is 370 g/mol. The first kappa shape index (κ1) is 19.7. The molecule has 0 saturated heterocycles. The van der Waals surface area contributed by atoms with E-state index in [2.05, 4.69) is 51.4 Å². The van der Waals surface area contributed by atoms with Crippen molar-refractivity contribution < 1.29 is 0 Å². The van der Waals surface area contributed by atoms with E-state index >= 15 is 0 Å². The summed E-state index contributed by atoms with van der Waals surface area (Å²) in [4.78, 5) is 8.45. The number of nitriles is 1. The van der Waals surface area contributed by atoms with E-state index in [1.54, 1.807) is 4.80 Å². The molecular formula is C20H23N7S. The standard InChI is InChI=1S/C20H23N7S/c1-5-26(6-2)15-7-9-16(10-8-15)27-24-18-11-14(3)17(12-19(18)25-27)23-20(28-4)22-13-21/h7-12H,5-6H2,1-4H3,(H,22,23). The summed E-state index contributed by atoms with van der Waals surface area (Å²) in [5.41, 5.74) is 5.40. The lowest BCUT2D eigenvalue weighted by Crippen LogP contribution is -2.21. The molecule has 3 rings (SSSR count). The summed E-state index contributed by atoms with van der Waals surface area (Å²) in [5.74, 6) is 0. The van der Waals surface area contributed by atoms with Crippen molar-refractivity contribution >= 4 is 39.3 Å². The minimum atomic E-state index is 0.546. The first-order valence-electron chi connectivity index (χ1n) is 9.10. The molecule has 0 bridgehead atoms. The molecule has 7 nitrogen and oxygen atoms in total. The second-order valence-electron chi connectivity index (χ2n) is 6.16. The van der Waals surface area contributed by atoms with Crippen molar-refractivity contribution in [3.05, 3.63) is 42.0 Å². The zero-order valence-corrected chi connectivity index (χ0v) is 17.3. The number of nitrogens with one attached hydrogen (secondary N) is 1. The monoisotopic (exact) mass is 393 g/mol. The molecule has 0 fully saturated rings. The van der Waals surface area contributed by atoms with E-state index in [0.717, 1.165) is 41.1 Å². The Hall–Kier alpha value is -3.05. The maximum Gasteiger partial charge on any atom is 0.183 e. The minimum absolute atomic E-state index is 0.546. The first-order chi connectivity index (χ1) is 13.6. The van der Waals surface area contributed by atoms with E-state index in [4.69, 9.17) is 5.26 Å². The Morgan fingerprint density at radius 1 is 1.18 bits per heavy atom. The fraction of sp³-hybridized carbons (Fsp3) is 0.300. The van der Waals surface area contributed by atoms with Gasteiger partial charge in [0, 0.05) is 18.8 Å². The number of rotatable bonds is 5. The molecule has 0 aliphatic carbocycles. The van der Waals surface area contributed by atoms with Crippen LogP contribution in [-0.4, -0.2) is 39.5 Å². The summed E-state index contributed by atoms with van der Waals surface area (Å²) in [5, 5.41) is 21.2. The Morgan fingerprint density at radius 3 is 2.39 bits per heavy atom. The Bertz CT molecular complexity index is 1030. The summed E-state index contributed by atoms with van der Waals surface area (Å²) >= 11 is 1.38. The molecule has 28 heavy (non-hydrogen) atoms. The highest BCUT2D eigenvalue weighted by Gasteiger charge is 2.10. The predicted octanol–water partition coefficient (Wildman–Crippen LogP) is 4.00. The Balaban J connectivity index is 1.95. The van der Waals surface area contributed by atoms with Crippen molar-refractivity contribution in [1.82, 2.24) is 20.3 Å². The Labute approximate surface area is 169 Å². The third-order valence-corrected chi connectivity index (χ3v) is 5.07. The average molecular weight is 394 g/mol. The van der Waals surface area contributed by atoms with Gasteiger partial charge in [0.2, 0.25) is 0 Å². The molecule has 144 valence electrons. The third kappa shape index (κ3) is 4.10. The smallest absolute Gasteiger partial charge is 0.183 e. The average Bonchev–Trinajstić information content (AvgIpc) is 3.12. The van der Waals surface area contributed by atoms with E-state index in [1.165, 1.54) is 17.4 Å². The summed E-state index contributed by atoms with van der Waals surface area (Å²) in [6.45, 7) is 8.22. The molecule has 8 heteroatoms. The maximum atomic E-state index is 8.82. The van der Waals surface area contributed by atoms with E-state index in [1.807, 2.05) is 43.6 Å². The zero-order valence-electron chi connectivity index (χ0n) is 16.5. The molecule has 0 atom stereocenters. The number of thioether (sulfide) groups is 1. The number of aliphatic imine (C=N–C) groups is 1. The molecule has 0 aliphatic rings. The van der Waals surface area contributed by atoms with Crippen LogP contribution < -0.4 is 10.2 Å². The van der Waals surface area contributed by atoms with Gasteiger partial charge in [-0.2, -0.15) is 10.1 Å². The highest BCUT2D eigenvalue weighted by atomic mass is 32.2. The van der Waals surface area contributed by atoms with Crippen LogP contribution >= 0.6 is 11.8 Å². The highest BCUT2D eigenvalue weighted by Crippen LogP contribution is 2.26. The molecule has 1 heterocycles. The first-order valence-corrected chi connectivity index (χ1v) is 10.3. The molecule has 0 aliphatic heterocycles. The summed E-state index contributed by atoms with van der Waals surface area (Å²) in [7, 11) is 0. The molecule has 1 aromatic heterocycles. The van der Waals surface area contributed by atoms with Crippen molar-refractivity contribution in [3.63, 3.8) is 0 Å². The van der Waals surface area contributed by atoms with Crippen LogP contribution in [0.15, 0.2) is 41.4 Å². The minimum Gasteiger partial charge on any atom is -0.372 e. The van der Waals surface area contributed by atoms with Gasteiger partial charge < -0.3 is 4.90 Å². The van der Waals surface area contributed by atoms with Gasteiger partial charge in [0.05, 0.1) is 11.4 Å². The van der Waals surface area contributed by atoms with Crippen LogP contribution in [0.2, 0.25) is 0 Å². The van der Waals surface area contributed by atoms with Gasteiger partial charge in [0.1, 0.15) is 11.0 Å². The summed E-state index contributed by atoms with van der Waals surface area (Å²) in [6.07, 6.45) is 3.78. The van der Waals surface area contributed by atoms with Gasteiger partial charge in [-0.3, -0.25) is 5.32 Å². The lowest BCUT2D eigenvalue weighted by molar-refractivity contribution is 0.765. The number of hydrogen-bond acceptors (Lipinski definition) is 6. The second-order valence-corrected chi connectivity index (χ2v) is 6.96. The van der Waals surface area contributed by atoms with Gasteiger partial charge in [0.15, 0.2) is 11.4 Å². The van der Waals surface area contributed by atoms with Crippen LogP contribution in [0.25, 0.3) is 16.7 Å². The predicted molar refractivity (Wildman–Crippen MR) is 117 cm³/mol. The van der Waals surface area contributed by atoms with Crippen LogP contribution in [0.4, 0.5) is 11.4 Å². The van der Waals surface area contributed by atoms with E-state index in [9.17, 15) is 0 Å². The fourth-order valence-electron chi connectivity index (χ4n) is 2.96. The lowest BCUT2D eigenvalue weighted by atomic mass is 10.2. The number of nitrogens with zero attached hydrogens (tertiary/aromatic N) is 6. The quantitative estimate of drug-likeness (QED) is 0.305. The van der Waals surface area contributed by atoms with Crippen molar-refractivity contribution in [2.24, 2.45) is 4.99 Å². The van der Waals surface area contributed by atoms with Crippen molar-refractivity contribution in [2.45, 2.75) is 20.8 Å². The number of benzene rings is 2. The molecule has 2 aromatic carbocycles. The lowest BCUT2D eigenvalue weighted by Gasteiger charge is -2.20. The van der Waals surface area contributed by atoms with Gasteiger partial charge >= 0.3 is 0 Å². The number of aromatic nitrogens is 3. The highest BCUT2D eigenvalue weighted by molar-refractivity contribution is 8.13. The van der Waals surface area contributed by atoms with Crippen LogP contribution in [-0.2, 0) is 0 Å². The van der Waals surface area contributed by atoms with E-state index in [0.29, 0.717) is 5.17 Å². The number of fused-ring (bicyclic) bond motifs is 1. The molecule has 0 amide bonds. The molecule has 0 saturated carbocycles. The number of hydrogen-bond donors (Lipinski definition) is 1. The maximum absolute atomic E-state index is 8.82. The van der Waals surface area contributed by atoms with Gasteiger partial charge in [-0.05, 0) is 69.0 Å². The van der Waals surface area contributed by atoms with Gasteiger partial charge in [0.25, 0.3) is 0 Å². The van der Waals surface area contributed by atoms with Crippen LogP contribution in [0.5, 0.6) is 0 Å². The number of anilines is 1. The molecule has 3 aromatic rings. The number of amidine groups is 1. The summed E-state index contributed by atoms with van der Waals surface area (Å²) in [6, 6.07) is 12.1. The SMILES string of the molecule is CCN(CC)c1ccc(-n2nc3cc(C)c(N=C(NC#N)SC)cc3n2)cc1. The fourth-order valence-corrected chi connectivity index (χ4v) is 3.30. The van der Waals surface area contributed by atoms with Gasteiger partial charge in [-0.1, -0.05) is 11.8 Å². The van der Waals surface area contributed by atoms with Gasteiger partial charge in [-0.25, -0.2) is 4.99 Å². The topological polar surface area (TPSA) is 82.1 Å². The van der Waals surface area contributed by atoms with Crippen molar-refractivity contribution in [3.8, 4) is 11.9 Å². The molecule has 0 spiro atoms. The van der Waals surface area contributed by atoms with Crippen molar-refractivity contribution in [2.75, 3.05) is 24.2 Å². The molecule has 0 unspecified atom stereocenters. The summed E-state index contributed by atoms with van der Waals surface area (Å²) < 4.78 is 0.